The Morgan fingerprint density at radius 3 is 2.58 bits per heavy atom. The van der Waals surface area contributed by atoms with Gasteiger partial charge in [-0.25, -0.2) is 0 Å². The van der Waals surface area contributed by atoms with E-state index in [-0.39, 0.29) is 5.75 Å². The number of hydrogen-bond donors (Lipinski definition) is 1. The van der Waals surface area contributed by atoms with E-state index in [9.17, 15) is 5.11 Å². The fourth-order valence-electron chi connectivity index (χ4n) is 4.88. The molecule has 2 aromatic rings. The van der Waals surface area contributed by atoms with Crippen molar-refractivity contribution in [3.05, 3.63) is 48.0 Å². The first kappa shape index (κ1) is 21.8. The maximum Gasteiger partial charge on any atom is 0.161 e. The van der Waals surface area contributed by atoms with E-state index >= 15 is 0 Å². The third-order valence-corrected chi connectivity index (χ3v) is 6.47. The quantitative estimate of drug-likeness (QED) is 0.732. The van der Waals surface area contributed by atoms with Crippen LogP contribution < -0.4 is 14.4 Å². The van der Waals surface area contributed by atoms with Crippen LogP contribution in [0.2, 0.25) is 0 Å². The van der Waals surface area contributed by atoms with E-state index < -0.39 is 0 Å². The number of methoxy groups -OCH3 is 1. The molecule has 6 heteroatoms. The summed E-state index contributed by atoms with van der Waals surface area (Å²) in [5.74, 6) is 1.76. The van der Waals surface area contributed by atoms with Gasteiger partial charge in [0, 0.05) is 45.3 Å². The molecular weight excluding hydrogens is 390 g/mol. The molecule has 2 heterocycles. The number of phenols is 1. The minimum atomic E-state index is 0.218. The van der Waals surface area contributed by atoms with Gasteiger partial charge in [0.15, 0.2) is 11.5 Å². The Kier molecular flexibility index (Phi) is 7.20. The van der Waals surface area contributed by atoms with E-state index in [1.165, 1.54) is 24.1 Å². The number of rotatable bonds is 7. The highest BCUT2D eigenvalue weighted by Crippen LogP contribution is 2.30. The predicted octanol–water partition coefficient (Wildman–Crippen LogP) is 3.59. The third-order valence-electron chi connectivity index (χ3n) is 6.47. The molecule has 0 radical (unpaired) electrons. The summed E-state index contributed by atoms with van der Waals surface area (Å²) in [6, 6.07) is 14.7. The first-order chi connectivity index (χ1) is 15.2. The molecule has 0 unspecified atom stereocenters. The third kappa shape index (κ3) is 5.25. The zero-order chi connectivity index (χ0) is 21.6. The first-order valence-corrected chi connectivity index (χ1v) is 11.5. The normalized spacial score (nSPS) is 20.6. The number of piperidine rings is 1. The Balaban J connectivity index is 1.33. The second kappa shape index (κ2) is 10.2. The molecule has 0 aromatic heterocycles. The van der Waals surface area contributed by atoms with Crippen LogP contribution in [-0.2, 0) is 6.54 Å². The van der Waals surface area contributed by atoms with Crippen molar-refractivity contribution < 1.29 is 14.6 Å². The lowest BCUT2D eigenvalue weighted by Crippen LogP contribution is -2.55. The zero-order valence-corrected chi connectivity index (χ0v) is 18.8. The number of para-hydroxylation sites is 2. The highest BCUT2D eigenvalue weighted by atomic mass is 16.5. The van der Waals surface area contributed by atoms with Crippen LogP contribution in [-0.4, -0.2) is 73.9 Å². The molecule has 2 aliphatic heterocycles. The van der Waals surface area contributed by atoms with Crippen LogP contribution in [0, 0.1) is 0 Å². The number of ether oxygens (including phenoxy) is 2. The largest absolute Gasteiger partial charge is 0.504 e. The first-order valence-electron chi connectivity index (χ1n) is 11.5. The summed E-state index contributed by atoms with van der Waals surface area (Å²) in [7, 11) is 1.75. The van der Waals surface area contributed by atoms with Gasteiger partial charge in [0.05, 0.1) is 19.4 Å². The molecule has 1 N–H and O–H groups in total. The Morgan fingerprint density at radius 2 is 1.81 bits per heavy atom. The molecule has 1 atom stereocenters. The smallest absolute Gasteiger partial charge is 0.161 e. The summed E-state index contributed by atoms with van der Waals surface area (Å²) in [5, 5.41) is 9.96. The predicted molar refractivity (Wildman–Crippen MR) is 124 cm³/mol. The summed E-state index contributed by atoms with van der Waals surface area (Å²) in [4.78, 5) is 7.66. The van der Waals surface area contributed by atoms with Crippen LogP contribution in [0.15, 0.2) is 42.5 Å². The topological polar surface area (TPSA) is 48.4 Å². The van der Waals surface area contributed by atoms with Crippen molar-refractivity contribution in [3.63, 3.8) is 0 Å². The van der Waals surface area contributed by atoms with E-state index in [0.29, 0.717) is 18.4 Å². The standard InChI is InChI=1S/C25H35N3O3/c1-3-31-25-17-20(10-11-23(25)29)18-26-12-6-7-21(19-26)27-13-15-28(16-14-27)22-8-4-5-9-24(22)30-2/h4-5,8-11,17,21,29H,3,6-7,12-16,18-19H2,1-2H3/t21-/m0/s1. The van der Waals surface area contributed by atoms with Crippen LogP contribution in [0.3, 0.4) is 0 Å². The van der Waals surface area contributed by atoms with Gasteiger partial charge in [-0.2, -0.15) is 0 Å². The number of benzene rings is 2. The fourth-order valence-corrected chi connectivity index (χ4v) is 4.88. The highest BCUT2D eigenvalue weighted by molar-refractivity contribution is 5.58. The van der Waals surface area contributed by atoms with E-state index in [1.54, 1.807) is 13.2 Å². The number of nitrogens with zero attached hydrogens (tertiary/aromatic N) is 3. The van der Waals surface area contributed by atoms with Crippen molar-refractivity contribution in [2.45, 2.75) is 32.4 Å². The van der Waals surface area contributed by atoms with Gasteiger partial charge in [0.25, 0.3) is 0 Å². The number of anilines is 1. The Labute approximate surface area is 186 Å². The Hall–Kier alpha value is -2.44. The van der Waals surface area contributed by atoms with Gasteiger partial charge in [-0.3, -0.25) is 9.80 Å². The van der Waals surface area contributed by atoms with Crippen LogP contribution >= 0.6 is 0 Å². The van der Waals surface area contributed by atoms with Crippen molar-refractivity contribution in [1.82, 2.24) is 9.80 Å². The lowest BCUT2D eigenvalue weighted by molar-refractivity contribution is 0.0886. The van der Waals surface area contributed by atoms with Gasteiger partial charge in [-0.1, -0.05) is 18.2 Å². The molecule has 2 aromatic carbocycles. The van der Waals surface area contributed by atoms with Gasteiger partial charge < -0.3 is 19.5 Å². The van der Waals surface area contributed by atoms with Crippen molar-refractivity contribution in [2.24, 2.45) is 0 Å². The Morgan fingerprint density at radius 1 is 1.00 bits per heavy atom. The van der Waals surface area contributed by atoms with Crippen LogP contribution in [0.1, 0.15) is 25.3 Å². The summed E-state index contributed by atoms with van der Waals surface area (Å²) in [6.45, 7) is 9.87. The van der Waals surface area contributed by atoms with E-state index in [2.05, 4.69) is 26.8 Å². The number of phenolic OH excluding ortho intramolecular Hbond substituents is 1. The summed E-state index contributed by atoms with van der Waals surface area (Å²) >= 11 is 0. The molecule has 0 bridgehead atoms. The molecule has 4 rings (SSSR count). The Bertz CT molecular complexity index is 852. The summed E-state index contributed by atoms with van der Waals surface area (Å²) in [6.07, 6.45) is 2.50. The lowest BCUT2D eigenvalue weighted by atomic mass is 10.0. The van der Waals surface area contributed by atoms with Gasteiger partial charge in [0.1, 0.15) is 5.75 Å². The molecule has 2 fully saturated rings. The monoisotopic (exact) mass is 425 g/mol. The maximum absolute atomic E-state index is 9.96. The van der Waals surface area contributed by atoms with E-state index in [1.807, 2.05) is 31.2 Å². The summed E-state index contributed by atoms with van der Waals surface area (Å²) < 4.78 is 11.1. The highest BCUT2D eigenvalue weighted by Gasteiger charge is 2.28. The van der Waals surface area contributed by atoms with Crippen molar-refractivity contribution in [1.29, 1.82) is 0 Å². The SMILES string of the molecule is CCOc1cc(CN2CCC[C@H](N3CCN(c4ccccc4OC)CC3)C2)ccc1O. The number of likely N-dealkylation sites (tertiary alicyclic amines) is 1. The fraction of sp³-hybridized carbons (Fsp3) is 0.520. The molecule has 0 aliphatic carbocycles. The van der Waals surface area contributed by atoms with Gasteiger partial charge in [-0.15, -0.1) is 0 Å². The van der Waals surface area contributed by atoms with E-state index in [0.717, 1.165) is 51.6 Å². The number of aromatic hydroxyl groups is 1. The average Bonchev–Trinajstić information content (AvgIpc) is 2.82. The molecule has 168 valence electrons. The second-order valence-electron chi connectivity index (χ2n) is 8.46. The second-order valence-corrected chi connectivity index (χ2v) is 8.46. The molecule has 6 nitrogen and oxygen atoms in total. The van der Waals surface area contributed by atoms with Gasteiger partial charge in [-0.05, 0) is 56.1 Å². The molecule has 31 heavy (non-hydrogen) atoms. The molecule has 0 amide bonds. The molecule has 0 saturated carbocycles. The minimum absolute atomic E-state index is 0.218. The minimum Gasteiger partial charge on any atom is -0.504 e. The number of hydrogen-bond acceptors (Lipinski definition) is 6. The van der Waals surface area contributed by atoms with Crippen molar-refractivity contribution in [2.75, 3.05) is 57.9 Å². The molecule has 2 aliphatic rings. The molecule has 2 saturated heterocycles. The lowest BCUT2D eigenvalue weighted by Gasteiger charge is -2.44. The molecule has 0 spiro atoms. The van der Waals surface area contributed by atoms with Crippen molar-refractivity contribution >= 4 is 5.69 Å². The van der Waals surface area contributed by atoms with Crippen LogP contribution in [0.5, 0.6) is 17.2 Å². The summed E-state index contributed by atoms with van der Waals surface area (Å²) in [5.41, 5.74) is 2.40. The maximum atomic E-state index is 9.96. The zero-order valence-electron chi connectivity index (χ0n) is 18.8. The van der Waals surface area contributed by atoms with Crippen LogP contribution in [0.4, 0.5) is 5.69 Å². The van der Waals surface area contributed by atoms with Crippen molar-refractivity contribution in [3.8, 4) is 17.2 Å². The van der Waals surface area contributed by atoms with Gasteiger partial charge in [0.2, 0.25) is 0 Å². The number of piperazine rings is 1. The van der Waals surface area contributed by atoms with Gasteiger partial charge >= 0.3 is 0 Å². The average molecular weight is 426 g/mol. The molecular formula is C25H35N3O3. The van der Waals surface area contributed by atoms with E-state index in [4.69, 9.17) is 9.47 Å². The van der Waals surface area contributed by atoms with Crippen LogP contribution in [0.25, 0.3) is 0 Å².